The second kappa shape index (κ2) is 7.96. The van der Waals surface area contributed by atoms with Gasteiger partial charge in [0.2, 0.25) is 0 Å². The van der Waals surface area contributed by atoms with Crippen LogP contribution in [0.4, 0.5) is 4.39 Å². The largest absolute Gasteiger partial charge is 0.487 e. The van der Waals surface area contributed by atoms with Gasteiger partial charge in [-0.25, -0.2) is 4.39 Å². The van der Waals surface area contributed by atoms with E-state index in [9.17, 15) is 14.3 Å². The number of halogens is 2. The first kappa shape index (κ1) is 20.2. The molecular weight excluding hydrogens is 395 g/mol. The smallest absolute Gasteiger partial charge is 0.309 e. The predicted octanol–water partition coefficient (Wildman–Crippen LogP) is 4.82. The first-order chi connectivity index (χ1) is 13.9. The van der Waals surface area contributed by atoms with Gasteiger partial charge in [-0.1, -0.05) is 36.7 Å². The van der Waals surface area contributed by atoms with Gasteiger partial charge in [-0.15, -0.1) is 0 Å². The number of ether oxygens (including phenoxy) is 2. The van der Waals surface area contributed by atoms with Crippen molar-refractivity contribution in [1.82, 2.24) is 0 Å². The molecule has 0 aromatic heterocycles. The Morgan fingerprint density at radius 1 is 1.28 bits per heavy atom. The Hall–Kier alpha value is -2.11. The molecule has 4 rings (SSSR count). The molecule has 0 spiro atoms. The van der Waals surface area contributed by atoms with Crippen LogP contribution in [0, 0.1) is 17.7 Å². The average molecular weight is 419 g/mol. The zero-order valence-corrected chi connectivity index (χ0v) is 17.2. The Morgan fingerprint density at radius 3 is 2.69 bits per heavy atom. The van der Waals surface area contributed by atoms with Crippen molar-refractivity contribution in [3.8, 4) is 5.75 Å². The number of aliphatic hydroxyl groups excluding tert-OH is 1. The zero-order valence-electron chi connectivity index (χ0n) is 16.4. The standard InChI is InChI=1S/C23H24ClFO4/c1-12(23(27)28-2)21(13-3-4-13)15-6-5-14-9-20(29-19(14)10-15)22(26)17-8-7-16(24)11-18(17)25/h5-8,10-13,20-22,26H,3-4,9H2,1-2H3. The third-order valence-corrected chi connectivity index (χ3v) is 6.29. The average Bonchev–Trinajstić information content (AvgIpc) is 3.44. The number of hydrogen-bond donors (Lipinski definition) is 1. The minimum absolute atomic E-state index is 0.0778. The summed E-state index contributed by atoms with van der Waals surface area (Å²) in [6.45, 7) is 1.90. The summed E-state index contributed by atoms with van der Waals surface area (Å²) >= 11 is 5.80. The third kappa shape index (κ3) is 3.99. The first-order valence-electron chi connectivity index (χ1n) is 9.89. The van der Waals surface area contributed by atoms with Crippen LogP contribution < -0.4 is 4.74 Å². The number of carbonyl (C=O) groups is 1. The number of methoxy groups -OCH3 is 1. The van der Waals surface area contributed by atoms with Crippen LogP contribution in [0.1, 0.15) is 48.5 Å². The zero-order chi connectivity index (χ0) is 20.7. The lowest BCUT2D eigenvalue weighted by Gasteiger charge is -2.23. The Bertz CT molecular complexity index is 927. The fourth-order valence-electron chi connectivity index (χ4n) is 4.35. The molecule has 0 radical (unpaired) electrons. The van der Waals surface area contributed by atoms with Crippen LogP contribution >= 0.6 is 11.6 Å². The van der Waals surface area contributed by atoms with E-state index in [1.807, 2.05) is 25.1 Å². The summed E-state index contributed by atoms with van der Waals surface area (Å²) in [7, 11) is 1.41. The molecule has 2 aliphatic rings. The van der Waals surface area contributed by atoms with Crippen LogP contribution in [0.3, 0.4) is 0 Å². The van der Waals surface area contributed by atoms with Crippen LogP contribution in [0.25, 0.3) is 0 Å². The summed E-state index contributed by atoms with van der Waals surface area (Å²) in [5.41, 5.74) is 2.17. The first-order valence-corrected chi connectivity index (χ1v) is 10.3. The number of rotatable bonds is 6. The van der Waals surface area contributed by atoms with E-state index in [1.165, 1.54) is 19.2 Å². The maximum Gasteiger partial charge on any atom is 0.309 e. The molecule has 4 nitrogen and oxygen atoms in total. The van der Waals surface area contributed by atoms with E-state index in [1.54, 1.807) is 6.07 Å². The molecule has 1 aliphatic carbocycles. The van der Waals surface area contributed by atoms with E-state index in [-0.39, 0.29) is 28.4 Å². The van der Waals surface area contributed by atoms with Crippen LogP contribution in [0.2, 0.25) is 5.02 Å². The Balaban J connectivity index is 1.55. The number of hydrogen-bond acceptors (Lipinski definition) is 4. The molecule has 1 saturated carbocycles. The molecule has 0 amide bonds. The summed E-state index contributed by atoms with van der Waals surface area (Å²) in [5.74, 6) is 0.225. The molecule has 2 aromatic carbocycles. The van der Waals surface area contributed by atoms with Crippen molar-refractivity contribution in [3.63, 3.8) is 0 Å². The van der Waals surface area contributed by atoms with Gasteiger partial charge in [0.05, 0.1) is 13.0 Å². The quantitative estimate of drug-likeness (QED) is 0.683. The molecule has 4 atom stereocenters. The van der Waals surface area contributed by atoms with Crippen molar-refractivity contribution in [3.05, 3.63) is 63.9 Å². The fraction of sp³-hybridized carbons (Fsp3) is 0.435. The topological polar surface area (TPSA) is 55.8 Å². The molecule has 1 aliphatic heterocycles. The van der Waals surface area contributed by atoms with Crippen molar-refractivity contribution < 1.29 is 23.8 Å². The van der Waals surface area contributed by atoms with Crippen LogP contribution in [-0.2, 0) is 16.0 Å². The van der Waals surface area contributed by atoms with Crippen molar-refractivity contribution in [2.24, 2.45) is 11.8 Å². The Kier molecular flexibility index (Phi) is 5.54. The van der Waals surface area contributed by atoms with Gasteiger partial charge in [0.25, 0.3) is 0 Å². The van der Waals surface area contributed by atoms with Gasteiger partial charge in [0.1, 0.15) is 23.8 Å². The van der Waals surface area contributed by atoms with Crippen molar-refractivity contribution in [2.75, 3.05) is 7.11 Å². The molecule has 1 heterocycles. The number of fused-ring (bicyclic) bond motifs is 1. The predicted molar refractivity (Wildman–Crippen MR) is 108 cm³/mol. The molecule has 6 heteroatoms. The molecule has 2 aromatic rings. The molecule has 1 fully saturated rings. The molecule has 0 bridgehead atoms. The summed E-state index contributed by atoms with van der Waals surface area (Å²) in [4.78, 5) is 12.1. The molecule has 29 heavy (non-hydrogen) atoms. The summed E-state index contributed by atoms with van der Waals surface area (Å²) in [6, 6.07) is 10.2. The summed E-state index contributed by atoms with van der Waals surface area (Å²) in [6.07, 6.45) is 1.01. The maximum atomic E-state index is 14.2. The highest BCUT2D eigenvalue weighted by Gasteiger charge is 2.40. The summed E-state index contributed by atoms with van der Waals surface area (Å²) in [5, 5.41) is 10.9. The van der Waals surface area contributed by atoms with E-state index >= 15 is 0 Å². The minimum Gasteiger partial charge on any atom is -0.487 e. The highest BCUT2D eigenvalue weighted by Crippen LogP contribution is 2.48. The van der Waals surface area contributed by atoms with Crippen molar-refractivity contribution >= 4 is 17.6 Å². The lowest BCUT2D eigenvalue weighted by atomic mass is 9.83. The Labute approximate surface area is 174 Å². The van der Waals surface area contributed by atoms with Crippen LogP contribution in [0.5, 0.6) is 5.75 Å². The third-order valence-electron chi connectivity index (χ3n) is 6.05. The van der Waals surface area contributed by atoms with E-state index in [0.29, 0.717) is 18.1 Å². The van der Waals surface area contributed by atoms with Crippen molar-refractivity contribution in [1.29, 1.82) is 0 Å². The minimum atomic E-state index is -1.10. The highest BCUT2D eigenvalue weighted by molar-refractivity contribution is 6.30. The molecule has 1 N–H and O–H groups in total. The second-order valence-corrected chi connectivity index (χ2v) is 8.45. The summed E-state index contributed by atoms with van der Waals surface area (Å²) < 4.78 is 25.2. The number of carbonyl (C=O) groups excluding carboxylic acids is 1. The fourth-order valence-corrected chi connectivity index (χ4v) is 4.51. The van der Waals surface area contributed by atoms with Crippen LogP contribution in [0.15, 0.2) is 36.4 Å². The lowest BCUT2D eigenvalue weighted by molar-refractivity contribution is -0.145. The maximum absolute atomic E-state index is 14.2. The van der Waals surface area contributed by atoms with Gasteiger partial charge < -0.3 is 14.6 Å². The van der Waals surface area contributed by atoms with E-state index < -0.39 is 18.0 Å². The van der Waals surface area contributed by atoms with Gasteiger partial charge in [-0.3, -0.25) is 4.79 Å². The van der Waals surface area contributed by atoms with Gasteiger partial charge in [0, 0.05) is 17.0 Å². The van der Waals surface area contributed by atoms with Gasteiger partial charge in [0.15, 0.2) is 0 Å². The Morgan fingerprint density at radius 2 is 2.03 bits per heavy atom. The number of esters is 1. The van der Waals surface area contributed by atoms with E-state index in [0.717, 1.165) is 24.0 Å². The van der Waals surface area contributed by atoms with Crippen molar-refractivity contribution in [2.45, 2.75) is 44.3 Å². The van der Waals surface area contributed by atoms with Gasteiger partial charge in [-0.05, 0) is 54.0 Å². The van der Waals surface area contributed by atoms with Crippen LogP contribution in [-0.4, -0.2) is 24.3 Å². The second-order valence-electron chi connectivity index (χ2n) is 8.01. The molecule has 154 valence electrons. The van der Waals surface area contributed by atoms with Gasteiger partial charge >= 0.3 is 5.97 Å². The van der Waals surface area contributed by atoms with Gasteiger partial charge in [-0.2, -0.15) is 0 Å². The molecule has 0 saturated heterocycles. The lowest BCUT2D eigenvalue weighted by Crippen LogP contribution is -2.24. The molecule has 4 unspecified atom stereocenters. The normalized spacial score (nSPS) is 21.1. The number of benzene rings is 2. The van der Waals surface area contributed by atoms with E-state index in [4.69, 9.17) is 21.1 Å². The SMILES string of the molecule is COC(=O)C(C)C(c1ccc2c(c1)OC(C(O)c1ccc(Cl)cc1F)C2)C1CC1. The van der Waals surface area contributed by atoms with E-state index in [2.05, 4.69) is 0 Å². The monoisotopic (exact) mass is 418 g/mol. The number of aliphatic hydroxyl groups is 1. The highest BCUT2D eigenvalue weighted by atomic mass is 35.5. The molecular formula is C23H24ClFO4.